The molecule has 102 valence electrons. The van der Waals surface area contributed by atoms with Gasteiger partial charge < -0.3 is 14.9 Å². The van der Waals surface area contributed by atoms with Gasteiger partial charge in [0, 0.05) is 26.2 Å². The van der Waals surface area contributed by atoms with Crippen LogP contribution in [0.2, 0.25) is 0 Å². The van der Waals surface area contributed by atoms with Crippen molar-refractivity contribution in [3.05, 3.63) is 35.4 Å². The largest absolute Gasteiger partial charge is 0.465 e. The molecule has 0 aliphatic carbocycles. The Morgan fingerprint density at radius 3 is 2.26 bits per heavy atom. The molecule has 5 nitrogen and oxygen atoms in total. The zero-order valence-corrected chi connectivity index (χ0v) is 11.0. The number of amides is 2. The van der Waals surface area contributed by atoms with Gasteiger partial charge in [0.1, 0.15) is 0 Å². The van der Waals surface area contributed by atoms with Crippen molar-refractivity contribution in [1.82, 2.24) is 9.80 Å². The maximum absolute atomic E-state index is 12.2. The van der Waals surface area contributed by atoms with Crippen molar-refractivity contribution in [3.8, 4) is 0 Å². The van der Waals surface area contributed by atoms with Gasteiger partial charge in [-0.15, -0.1) is 0 Å². The first-order chi connectivity index (χ1) is 9.08. The quantitative estimate of drug-likeness (QED) is 0.875. The van der Waals surface area contributed by atoms with E-state index in [9.17, 15) is 9.59 Å². The van der Waals surface area contributed by atoms with E-state index in [4.69, 9.17) is 5.11 Å². The Hall–Kier alpha value is -2.04. The summed E-state index contributed by atoms with van der Waals surface area (Å²) in [6, 6.07) is 7.83. The first-order valence-corrected chi connectivity index (χ1v) is 6.38. The minimum Gasteiger partial charge on any atom is -0.465 e. The maximum atomic E-state index is 12.2. The summed E-state index contributed by atoms with van der Waals surface area (Å²) in [5, 5.41) is 8.86. The zero-order valence-electron chi connectivity index (χ0n) is 11.0. The Bertz CT molecular complexity index is 479. The predicted molar refractivity (Wildman–Crippen MR) is 71.1 cm³/mol. The molecule has 0 spiro atoms. The van der Waals surface area contributed by atoms with Crippen molar-refractivity contribution in [2.75, 3.05) is 26.2 Å². The molecule has 0 saturated carbocycles. The number of nitrogens with zero attached hydrogens (tertiary/aromatic N) is 2. The molecule has 1 heterocycles. The minimum absolute atomic E-state index is 0.0688. The first-order valence-electron chi connectivity index (χ1n) is 6.38. The third-order valence-corrected chi connectivity index (χ3v) is 3.51. The van der Waals surface area contributed by atoms with Crippen molar-refractivity contribution in [2.45, 2.75) is 13.3 Å². The first kappa shape index (κ1) is 13.4. The molecule has 1 saturated heterocycles. The normalized spacial score (nSPS) is 15.4. The smallest absolute Gasteiger partial charge is 0.407 e. The summed E-state index contributed by atoms with van der Waals surface area (Å²) in [6.45, 7) is 3.75. The molecule has 0 radical (unpaired) electrons. The molecule has 0 bridgehead atoms. The second kappa shape index (κ2) is 5.73. The van der Waals surface area contributed by atoms with Crippen molar-refractivity contribution >= 4 is 12.0 Å². The van der Waals surface area contributed by atoms with E-state index >= 15 is 0 Å². The lowest BCUT2D eigenvalue weighted by molar-refractivity contribution is -0.132. The number of rotatable bonds is 2. The lowest BCUT2D eigenvalue weighted by atomic mass is 10.1. The van der Waals surface area contributed by atoms with Crippen LogP contribution in [-0.4, -0.2) is 53.1 Å². The van der Waals surface area contributed by atoms with Crippen LogP contribution in [0.25, 0.3) is 0 Å². The standard InChI is InChI=1S/C14H18N2O3/c1-11-4-2-3-5-12(11)10-13(17)15-6-8-16(9-7-15)14(18)19/h2-5H,6-10H2,1H3,(H,18,19). The Labute approximate surface area is 112 Å². The monoisotopic (exact) mass is 262 g/mol. The van der Waals surface area contributed by atoms with Crippen LogP contribution in [0, 0.1) is 6.92 Å². The Kier molecular flexibility index (Phi) is 4.04. The third kappa shape index (κ3) is 3.24. The average Bonchev–Trinajstić information content (AvgIpc) is 2.41. The lowest BCUT2D eigenvalue weighted by Crippen LogP contribution is -2.50. The van der Waals surface area contributed by atoms with Gasteiger partial charge in [0.05, 0.1) is 6.42 Å². The number of carbonyl (C=O) groups excluding carboxylic acids is 1. The molecule has 1 aliphatic heterocycles. The molecule has 2 amide bonds. The molecule has 1 aromatic carbocycles. The SMILES string of the molecule is Cc1ccccc1CC(=O)N1CCN(C(=O)O)CC1. The van der Waals surface area contributed by atoms with E-state index in [-0.39, 0.29) is 5.91 Å². The maximum Gasteiger partial charge on any atom is 0.407 e. The van der Waals surface area contributed by atoms with Gasteiger partial charge >= 0.3 is 6.09 Å². The van der Waals surface area contributed by atoms with Crippen LogP contribution in [0.4, 0.5) is 4.79 Å². The van der Waals surface area contributed by atoms with E-state index in [0.29, 0.717) is 32.6 Å². The van der Waals surface area contributed by atoms with Gasteiger partial charge in [-0.3, -0.25) is 4.79 Å². The van der Waals surface area contributed by atoms with Crippen molar-refractivity contribution in [3.63, 3.8) is 0 Å². The summed E-state index contributed by atoms with van der Waals surface area (Å²) in [6.07, 6.45) is -0.522. The molecular formula is C14H18N2O3. The van der Waals surface area contributed by atoms with E-state index in [1.807, 2.05) is 31.2 Å². The Morgan fingerprint density at radius 2 is 1.68 bits per heavy atom. The van der Waals surface area contributed by atoms with Crippen molar-refractivity contribution in [2.24, 2.45) is 0 Å². The number of aryl methyl sites for hydroxylation is 1. The molecule has 0 aromatic heterocycles. The highest BCUT2D eigenvalue weighted by molar-refractivity contribution is 5.79. The summed E-state index contributed by atoms with van der Waals surface area (Å²) >= 11 is 0. The van der Waals surface area contributed by atoms with E-state index in [2.05, 4.69) is 0 Å². The van der Waals surface area contributed by atoms with Crippen LogP contribution < -0.4 is 0 Å². The van der Waals surface area contributed by atoms with Crippen LogP contribution in [0.15, 0.2) is 24.3 Å². The van der Waals surface area contributed by atoms with Crippen molar-refractivity contribution < 1.29 is 14.7 Å². The highest BCUT2D eigenvalue weighted by atomic mass is 16.4. The molecule has 19 heavy (non-hydrogen) atoms. The number of hydrogen-bond donors (Lipinski definition) is 1. The van der Waals surface area contributed by atoms with Gasteiger partial charge in [0.15, 0.2) is 0 Å². The Morgan fingerprint density at radius 1 is 1.11 bits per heavy atom. The second-order valence-electron chi connectivity index (χ2n) is 4.75. The zero-order chi connectivity index (χ0) is 13.8. The van der Waals surface area contributed by atoms with Gasteiger partial charge in [-0.25, -0.2) is 4.79 Å². The molecular weight excluding hydrogens is 244 g/mol. The fraction of sp³-hybridized carbons (Fsp3) is 0.429. The number of hydrogen-bond acceptors (Lipinski definition) is 2. The molecule has 1 aliphatic rings. The highest BCUT2D eigenvalue weighted by Gasteiger charge is 2.23. The fourth-order valence-corrected chi connectivity index (χ4v) is 2.23. The highest BCUT2D eigenvalue weighted by Crippen LogP contribution is 2.11. The topological polar surface area (TPSA) is 60.9 Å². The van der Waals surface area contributed by atoms with Crippen LogP contribution >= 0.6 is 0 Å². The summed E-state index contributed by atoms with van der Waals surface area (Å²) in [4.78, 5) is 26.0. The van der Waals surface area contributed by atoms with Crippen LogP contribution in [0.3, 0.4) is 0 Å². The summed E-state index contributed by atoms with van der Waals surface area (Å²) in [5.41, 5.74) is 2.15. The minimum atomic E-state index is -0.911. The summed E-state index contributed by atoms with van der Waals surface area (Å²) in [5.74, 6) is 0.0688. The van der Waals surface area contributed by atoms with Crippen LogP contribution in [0.5, 0.6) is 0 Å². The molecule has 1 aromatic rings. The molecule has 5 heteroatoms. The van der Waals surface area contributed by atoms with E-state index in [0.717, 1.165) is 11.1 Å². The summed E-state index contributed by atoms with van der Waals surface area (Å²) < 4.78 is 0. The predicted octanol–water partition coefficient (Wildman–Crippen LogP) is 1.36. The molecule has 2 rings (SSSR count). The molecule has 0 atom stereocenters. The fourth-order valence-electron chi connectivity index (χ4n) is 2.23. The third-order valence-electron chi connectivity index (χ3n) is 3.51. The van der Waals surface area contributed by atoms with Gasteiger partial charge in [0.2, 0.25) is 5.91 Å². The van der Waals surface area contributed by atoms with Gasteiger partial charge in [-0.2, -0.15) is 0 Å². The number of benzene rings is 1. The summed E-state index contributed by atoms with van der Waals surface area (Å²) in [7, 11) is 0. The second-order valence-corrected chi connectivity index (χ2v) is 4.75. The lowest BCUT2D eigenvalue weighted by Gasteiger charge is -2.33. The van der Waals surface area contributed by atoms with E-state index in [1.54, 1.807) is 4.90 Å². The van der Waals surface area contributed by atoms with E-state index < -0.39 is 6.09 Å². The van der Waals surface area contributed by atoms with Gasteiger partial charge in [-0.05, 0) is 18.1 Å². The number of carbonyl (C=O) groups is 2. The molecule has 1 fully saturated rings. The average molecular weight is 262 g/mol. The molecule has 0 unspecified atom stereocenters. The van der Waals surface area contributed by atoms with Gasteiger partial charge in [0.25, 0.3) is 0 Å². The van der Waals surface area contributed by atoms with Crippen LogP contribution in [-0.2, 0) is 11.2 Å². The number of piperazine rings is 1. The van der Waals surface area contributed by atoms with Crippen molar-refractivity contribution in [1.29, 1.82) is 0 Å². The Balaban J connectivity index is 1.92. The van der Waals surface area contributed by atoms with E-state index in [1.165, 1.54) is 4.90 Å². The van der Waals surface area contributed by atoms with Crippen LogP contribution in [0.1, 0.15) is 11.1 Å². The molecule has 1 N–H and O–H groups in total. The van der Waals surface area contributed by atoms with Gasteiger partial charge in [-0.1, -0.05) is 24.3 Å². The number of carboxylic acid groups (broad SMARTS) is 1.